The van der Waals surface area contributed by atoms with Gasteiger partial charge in [-0.2, -0.15) is 0 Å². The van der Waals surface area contributed by atoms with E-state index in [0.717, 1.165) is 61.6 Å². The number of fused-ring (bicyclic) bond motifs is 8. The Hall–Kier alpha value is -13.1. The molecule has 0 aliphatic heterocycles. The molecule has 8 aromatic carbocycles. The van der Waals surface area contributed by atoms with Crippen molar-refractivity contribution in [2.24, 2.45) is 5.41 Å². The highest BCUT2D eigenvalue weighted by molar-refractivity contribution is 8.13. The summed E-state index contributed by atoms with van der Waals surface area (Å²) >= 11 is 1.19. The molecule has 0 amide bonds. The fourth-order valence-electron chi connectivity index (χ4n) is 12.7. The van der Waals surface area contributed by atoms with Gasteiger partial charge in [0.05, 0.1) is 80.1 Å². The van der Waals surface area contributed by atoms with E-state index >= 15 is 0 Å². The van der Waals surface area contributed by atoms with E-state index in [1.807, 2.05) is 202 Å². The molecule has 0 unspecified atom stereocenters. The van der Waals surface area contributed by atoms with Gasteiger partial charge in [-0.3, -0.25) is 4.79 Å². The molecule has 0 spiro atoms. The number of para-hydroxylation sites is 4. The van der Waals surface area contributed by atoms with Gasteiger partial charge in [0.1, 0.15) is 45.1 Å². The van der Waals surface area contributed by atoms with Crippen molar-refractivity contribution in [2.75, 3.05) is 67.3 Å². The van der Waals surface area contributed by atoms with Gasteiger partial charge in [-0.05, 0) is 209 Å². The molecule has 0 saturated carbocycles. The van der Waals surface area contributed by atoms with Crippen LogP contribution in [0, 0.1) is 5.41 Å². The maximum absolute atomic E-state index is 12.6. The number of rotatable bonds is 20. The molecule has 8 aromatic heterocycles. The molecule has 0 N–H and O–H groups in total. The second-order valence-electron chi connectivity index (χ2n) is 32.0. The Balaban J connectivity index is 0.000000138. The number of hydrogen-bond acceptors (Lipinski definition) is 24. The Morgan fingerprint density at radius 2 is 0.633 bits per heavy atom. The Kier molecular flexibility index (Phi) is 25.7. The smallest absolute Gasteiger partial charge is 0.338 e. The number of aromatic nitrogens is 8. The Morgan fingerprint density at radius 3 is 0.900 bits per heavy atom. The molecular formula is C96H100N12O11S. The third kappa shape index (κ3) is 19.2. The van der Waals surface area contributed by atoms with Crippen molar-refractivity contribution in [3.63, 3.8) is 0 Å². The van der Waals surface area contributed by atoms with Gasteiger partial charge in [-0.25, -0.2) is 54.3 Å². The number of hydrogen-bond donors (Lipinski definition) is 0. The first-order valence-corrected chi connectivity index (χ1v) is 41.4. The third-order valence-electron chi connectivity index (χ3n) is 20.2. The zero-order valence-corrected chi connectivity index (χ0v) is 72.1. The molecule has 0 radical (unpaired) electrons. The van der Waals surface area contributed by atoms with E-state index in [-0.39, 0.29) is 58.7 Å². The van der Waals surface area contributed by atoms with Crippen LogP contribution in [0.4, 0.5) is 23.3 Å². The van der Waals surface area contributed by atoms with Crippen molar-refractivity contribution in [2.45, 2.75) is 134 Å². The van der Waals surface area contributed by atoms with Crippen molar-refractivity contribution in [3.05, 3.63) is 216 Å². The number of carbonyl (C=O) groups excluding carboxylic acids is 4. The first-order valence-electron chi connectivity index (χ1n) is 40.2. The van der Waals surface area contributed by atoms with Crippen LogP contribution in [0.2, 0.25) is 0 Å². The maximum Gasteiger partial charge on any atom is 0.338 e. The number of furan rings is 4. The summed E-state index contributed by atoms with van der Waals surface area (Å²) in [6.45, 7) is 29.2. The zero-order valence-electron chi connectivity index (χ0n) is 71.2. The molecule has 0 fully saturated rings. The number of benzene rings is 8. The van der Waals surface area contributed by atoms with Crippen LogP contribution in [0.3, 0.4) is 0 Å². The van der Waals surface area contributed by atoms with Gasteiger partial charge in [0.25, 0.3) is 0 Å². The first kappa shape index (κ1) is 84.8. The molecule has 120 heavy (non-hydrogen) atoms. The quantitative estimate of drug-likeness (QED) is 0.0507. The van der Waals surface area contributed by atoms with E-state index in [2.05, 4.69) is 70.1 Å². The topological polar surface area (TPSA) is 265 Å². The average molecular weight is 1630 g/mol. The number of anilines is 4. The van der Waals surface area contributed by atoms with Crippen molar-refractivity contribution in [3.8, 4) is 45.8 Å². The second kappa shape index (κ2) is 36.4. The Bertz CT molecular complexity index is 6320. The number of nitrogens with zero attached hydrogens (tertiary/aromatic N) is 12. The molecule has 24 heteroatoms. The van der Waals surface area contributed by atoms with Crippen LogP contribution in [0.15, 0.2) is 212 Å². The van der Waals surface area contributed by atoms with Crippen LogP contribution in [0.1, 0.15) is 145 Å². The molecule has 8 heterocycles. The summed E-state index contributed by atoms with van der Waals surface area (Å²) < 4.78 is 40.4. The standard InChI is InChI=1S/C26H29N3O3.2C24H25N3O3.C22H21N3O2S/c1-16(2)29(6)24-23(22-14-17-9-7-8-10-21(17)32-22)27-19-12-11-18(13-20(19)28-24)25(30)31-15-26(3,4)5;1-14(2)27(5)23-22(21-13-16-8-6-7-9-20(16)30-21)25-18-11-10-17(12-19(18)26-23)24(28)29-15(3)4;1-5-12-29-24(28)17-10-11-18-19(13-17)26-23(27(4)15(2)3)22(25-18)21-14-16-8-6-7-9-20(16)30-21;1-13(2)25(3)21-20(19-12-14-7-5-6-8-18(14)27-19)23-16-10-9-15(22(26)28-4)11-17(16)24-21/h7-14,16H,15H2,1-6H3;6-15H,1-5H3;6-11,13-15H,5,12H2,1-4H3;5-13H,1-4H3. The van der Waals surface area contributed by atoms with Gasteiger partial charge in [0.2, 0.25) is 5.12 Å². The average Bonchev–Trinajstić information content (AvgIpc) is 1.51. The van der Waals surface area contributed by atoms with Crippen LogP contribution < -0.4 is 19.6 Å². The molecule has 23 nitrogen and oxygen atoms in total. The van der Waals surface area contributed by atoms with E-state index in [1.165, 1.54) is 11.8 Å². The SMILES string of the molecule is CC(C)N(C)c1nc2cc(C(=O)OCC(C)(C)C)ccc2nc1-c1cc2ccccc2o1.CC(C)OC(=O)c1ccc2nc(-c3cc4ccccc4o3)c(N(C)C(C)C)nc2c1.CCCOC(=O)c1ccc2nc(-c3cc4ccccc4o3)c(N(C)C(C)C)nc2c1.CSC(=O)c1ccc2nc(-c3cc4ccccc4o3)c(N(C)C(C)C)nc2c1. The van der Waals surface area contributed by atoms with Crippen molar-refractivity contribution < 1.29 is 51.1 Å². The fraction of sp³-hybridized carbons (Fsp3) is 0.292. The van der Waals surface area contributed by atoms with E-state index in [9.17, 15) is 19.2 Å². The molecule has 16 rings (SSSR count). The summed E-state index contributed by atoms with van der Waals surface area (Å²) in [4.78, 5) is 96.3. The van der Waals surface area contributed by atoms with Crippen LogP contribution in [-0.4, -0.2) is 141 Å². The Labute approximate surface area is 701 Å². The van der Waals surface area contributed by atoms with Crippen LogP contribution >= 0.6 is 11.8 Å². The minimum absolute atomic E-state index is 0.0174. The molecule has 0 saturated heterocycles. The monoisotopic (exact) mass is 1630 g/mol. The van der Waals surface area contributed by atoms with Crippen molar-refractivity contribution in [1.29, 1.82) is 0 Å². The number of esters is 3. The molecule has 616 valence electrons. The highest BCUT2D eigenvalue weighted by atomic mass is 32.2. The highest BCUT2D eigenvalue weighted by Crippen LogP contribution is 2.40. The number of carbonyl (C=O) groups is 4. The van der Waals surface area contributed by atoms with E-state index in [1.54, 1.807) is 73.0 Å². The summed E-state index contributed by atoms with van der Waals surface area (Å²) in [5, 5.41) is 4.09. The predicted octanol–water partition coefficient (Wildman–Crippen LogP) is 22.4. The predicted molar refractivity (Wildman–Crippen MR) is 482 cm³/mol. The lowest BCUT2D eigenvalue weighted by Crippen LogP contribution is -2.27. The van der Waals surface area contributed by atoms with Gasteiger partial charge in [0, 0.05) is 79.5 Å². The van der Waals surface area contributed by atoms with Gasteiger partial charge >= 0.3 is 17.9 Å². The summed E-state index contributed by atoms with van der Waals surface area (Å²) in [5.41, 5.74) is 13.3. The molecule has 16 aromatic rings. The number of thioether (sulfide) groups is 1. The van der Waals surface area contributed by atoms with E-state index in [4.69, 9.17) is 71.8 Å². The van der Waals surface area contributed by atoms with Gasteiger partial charge in [-0.15, -0.1) is 0 Å². The van der Waals surface area contributed by atoms with Gasteiger partial charge in [-0.1, -0.05) is 112 Å². The minimum atomic E-state index is -0.367. The number of ether oxygens (including phenoxy) is 3. The van der Waals surface area contributed by atoms with Crippen LogP contribution in [-0.2, 0) is 14.2 Å². The van der Waals surface area contributed by atoms with Gasteiger partial charge < -0.3 is 51.5 Å². The first-order chi connectivity index (χ1) is 57.4. The highest BCUT2D eigenvalue weighted by Gasteiger charge is 2.27. The normalized spacial score (nSPS) is 11.6. The lowest BCUT2D eigenvalue weighted by Gasteiger charge is -2.24. The molecule has 0 atom stereocenters. The molecule has 0 aliphatic carbocycles. The van der Waals surface area contributed by atoms with E-state index in [0.29, 0.717) is 137 Å². The lowest BCUT2D eigenvalue weighted by molar-refractivity contribution is 0.0362. The third-order valence-corrected chi connectivity index (χ3v) is 20.8. The van der Waals surface area contributed by atoms with Crippen LogP contribution in [0.25, 0.3) is 134 Å². The maximum atomic E-state index is 12.6. The largest absolute Gasteiger partial charge is 0.462 e. The fourth-order valence-corrected chi connectivity index (χ4v) is 13.1. The minimum Gasteiger partial charge on any atom is -0.462 e. The summed E-state index contributed by atoms with van der Waals surface area (Å²) in [5.74, 6) is 4.44. The van der Waals surface area contributed by atoms with Crippen molar-refractivity contribution in [1.82, 2.24) is 39.9 Å². The molecule has 0 aliphatic rings. The zero-order chi connectivity index (χ0) is 85.5. The summed E-state index contributed by atoms with van der Waals surface area (Å²) in [7, 11) is 7.92. The van der Waals surface area contributed by atoms with Gasteiger partial charge in [0.15, 0.2) is 46.3 Å². The second-order valence-corrected chi connectivity index (χ2v) is 32.8. The summed E-state index contributed by atoms with van der Waals surface area (Å²) in [6.07, 6.45) is 2.38. The van der Waals surface area contributed by atoms with Crippen molar-refractivity contribution >= 4 is 146 Å². The lowest BCUT2D eigenvalue weighted by atomic mass is 9.99. The Morgan fingerprint density at radius 1 is 0.358 bits per heavy atom. The van der Waals surface area contributed by atoms with E-state index < -0.39 is 0 Å². The molecule has 0 bridgehead atoms. The van der Waals surface area contributed by atoms with Crippen LogP contribution in [0.5, 0.6) is 0 Å². The summed E-state index contributed by atoms with van der Waals surface area (Å²) in [6, 6.07) is 61.5. The molecular weight excluding hydrogens is 1530 g/mol.